The number of nitrogens with one attached hydrogen (secondary N) is 1. The zero-order valence-electron chi connectivity index (χ0n) is 17.1. The number of benzene rings is 1. The number of carbonyl (C=O) groups is 2. The standard InChI is InChI=1S/C23H29N3O2/c1-15(2)19-8-5-9-20(16(3)4)22(19)26-14-18(11-21(26)27)23(28)25-13-17-7-6-10-24-12-17/h5-10,12,15-16,18H,11,13-14H2,1-4H3,(H,25,28). The maximum Gasteiger partial charge on any atom is 0.227 e. The van der Waals surface area contributed by atoms with Crippen LogP contribution in [0.2, 0.25) is 0 Å². The lowest BCUT2D eigenvalue weighted by molar-refractivity contribution is -0.126. The molecule has 1 atom stereocenters. The first-order valence-corrected chi connectivity index (χ1v) is 9.98. The van der Waals surface area contributed by atoms with E-state index in [0.29, 0.717) is 24.9 Å². The Morgan fingerprint density at radius 3 is 2.39 bits per heavy atom. The summed E-state index contributed by atoms with van der Waals surface area (Å²) in [5, 5.41) is 2.95. The van der Waals surface area contributed by atoms with Crippen molar-refractivity contribution in [3.63, 3.8) is 0 Å². The highest BCUT2D eigenvalue weighted by Gasteiger charge is 2.37. The normalized spacial score (nSPS) is 16.9. The summed E-state index contributed by atoms with van der Waals surface area (Å²) in [5.74, 6) is 0.230. The summed E-state index contributed by atoms with van der Waals surface area (Å²) in [5.41, 5.74) is 4.27. The largest absolute Gasteiger partial charge is 0.352 e. The van der Waals surface area contributed by atoms with Crippen LogP contribution in [0.5, 0.6) is 0 Å². The third kappa shape index (κ3) is 4.24. The number of rotatable bonds is 6. The van der Waals surface area contributed by atoms with E-state index < -0.39 is 0 Å². The molecule has 1 aromatic carbocycles. The second-order valence-electron chi connectivity index (χ2n) is 8.08. The molecule has 2 aromatic rings. The van der Waals surface area contributed by atoms with Crippen LogP contribution >= 0.6 is 0 Å². The highest BCUT2D eigenvalue weighted by atomic mass is 16.2. The van der Waals surface area contributed by atoms with Crippen LogP contribution in [0.1, 0.15) is 62.6 Å². The van der Waals surface area contributed by atoms with Crippen molar-refractivity contribution in [2.75, 3.05) is 11.4 Å². The molecule has 1 aliphatic rings. The monoisotopic (exact) mass is 379 g/mol. The van der Waals surface area contributed by atoms with Crippen molar-refractivity contribution in [1.29, 1.82) is 0 Å². The van der Waals surface area contributed by atoms with Gasteiger partial charge in [0.15, 0.2) is 0 Å². The lowest BCUT2D eigenvalue weighted by Crippen LogP contribution is -2.33. The summed E-state index contributed by atoms with van der Waals surface area (Å²) in [6, 6.07) is 10.0. The van der Waals surface area contributed by atoms with E-state index in [4.69, 9.17) is 0 Å². The van der Waals surface area contributed by atoms with E-state index in [1.165, 1.54) is 0 Å². The first-order valence-electron chi connectivity index (χ1n) is 9.98. The fourth-order valence-corrected chi connectivity index (χ4v) is 3.76. The lowest BCUT2D eigenvalue weighted by atomic mass is 9.92. The van der Waals surface area contributed by atoms with Gasteiger partial charge in [0.05, 0.1) is 11.6 Å². The van der Waals surface area contributed by atoms with Gasteiger partial charge in [0, 0.05) is 31.9 Å². The van der Waals surface area contributed by atoms with Gasteiger partial charge in [0.25, 0.3) is 0 Å². The van der Waals surface area contributed by atoms with Gasteiger partial charge in [-0.2, -0.15) is 0 Å². The number of amides is 2. The minimum Gasteiger partial charge on any atom is -0.352 e. The van der Waals surface area contributed by atoms with Crippen molar-refractivity contribution in [1.82, 2.24) is 10.3 Å². The Labute approximate surface area is 167 Å². The van der Waals surface area contributed by atoms with Gasteiger partial charge >= 0.3 is 0 Å². The molecular weight excluding hydrogens is 350 g/mol. The fraction of sp³-hybridized carbons (Fsp3) is 0.435. The van der Waals surface area contributed by atoms with Gasteiger partial charge < -0.3 is 10.2 Å². The SMILES string of the molecule is CC(C)c1cccc(C(C)C)c1N1CC(C(=O)NCc2cccnc2)CC1=O. The number of carbonyl (C=O) groups excluding carboxylic acids is 2. The highest BCUT2D eigenvalue weighted by molar-refractivity contribution is 6.01. The van der Waals surface area contributed by atoms with E-state index in [0.717, 1.165) is 22.4 Å². The maximum absolute atomic E-state index is 12.8. The molecule has 3 rings (SSSR count). The van der Waals surface area contributed by atoms with Crippen LogP contribution in [-0.4, -0.2) is 23.3 Å². The van der Waals surface area contributed by atoms with Crippen LogP contribution in [0.4, 0.5) is 5.69 Å². The summed E-state index contributed by atoms with van der Waals surface area (Å²) in [6.07, 6.45) is 3.69. The van der Waals surface area contributed by atoms with Crippen LogP contribution in [0, 0.1) is 5.92 Å². The molecule has 1 aromatic heterocycles. The van der Waals surface area contributed by atoms with E-state index in [1.807, 2.05) is 17.0 Å². The van der Waals surface area contributed by atoms with Gasteiger partial charge in [-0.25, -0.2) is 0 Å². The van der Waals surface area contributed by atoms with Crippen LogP contribution < -0.4 is 10.2 Å². The third-order valence-electron chi connectivity index (χ3n) is 5.30. The minimum absolute atomic E-state index is 0.0246. The molecule has 2 heterocycles. The summed E-state index contributed by atoms with van der Waals surface area (Å²) >= 11 is 0. The van der Waals surface area contributed by atoms with Crippen molar-refractivity contribution in [3.8, 4) is 0 Å². The van der Waals surface area contributed by atoms with Crippen LogP contribution in [0.25, 0.3) is 0 Å². The number of pyridine rings is 1. The van der Waals surface area contributed by atoms with E-state index in [1.54, 1.807) is 12.4 Å². The number of aromatic nitrogens is 1. The third-order valence-corrected chi connectivity index (χ3v) is 5.30. The summed E-state index contributed by atoms with van der Waals surface area (Å²) in [6.45, 7) is 9.42. The van der Waals surface area contributed by atoms with E-state index in [-0.39, 0.29) is 24.2 Å². The number of para-hydroxylation sites is 1. The molecule has 0 radical (unpaired) electrons. The minimum atomic E-state index is -0.329. The molecule has 1 N–H and O–H groups in total. The Hall–Kier alpha value is -2.69. The quantitative estimate of drug-likeness (QED) is 0.825. The van der Waals surface area contributed by atoms with Gasteiger partial charge in [-0.1, -0.05) is 52.0 Å². The van der Waals surface area contributed by atoms with Gasteiger partial charge in [-0.05, 0) is 34.6 Å². The van der Waals surface area contributed by atoms with Gasteiger partial charge in [0.2, 0.25) is 11.8 Å². The van der Waals surface area contributed by atoms with Crippen molar-refractivity contribution in [2.45, 2.75) is 52.5 Å². The smallest absolute Gasteiger partial charge is 0.227 e. The van der Waals surface area contributed by atoms with Gasteiger partial charge in [0.1, 0.15) is 0 Å². The topological polar surface area (TPSA) is 62.3 Å². The zero-order chi connectivity index (χ0) is 20.3. The molecule has 148 valence electrons. The molecule has 0 bridgehead atoms. The molecule has 0 spiro atoms. The Bertz CT molecular complexity index is 820. The first-order chi connectivity index (χ1) is 13.4. The van der Waals surface area contributed by atoms with Gasteiger partial charge in [-0.15, -0.1) is 0 Å². The average molecular weight is 380 g/mol. The summed E-state index contributed by atoms with van der Waals surface area (Å²) < 4.78 is 0. The van der Waals surface area contributed by atoms with Crippen molar-refractivity contribution < 1.29 is 9.59 Å². The van der Waals surface area contributed by atoms with Crippen LogP contribution in [-0.2, 0) is 16.1 Å². The number of hydrogen-bond donors (Lipinski definition) is 1. The molecule has 0 aliphatic carbocycles. The molecule has 2 amide bonds. The highest BCUT2D eigenvalue weighted by Crippen LogP contribution is 2.38. The number of nitrogens with zero attached hydrogens (tertiary/aromatic N) is 2. The predicted octanol–water partition coefficient (Wildman–Crippen LogP) is 4.00. The molecule has 1 aliphatic heterocycles. The lowest BCUT2D eigenvalue weighted by Gasteiger charge is -2.27. The van der Waals surface area contributed by atoms with E-state index in [9.17, 15) is 9.59 Å². The molecule has 5 nitrogen and oxygen atoms in total. The molecule has 1 unspecified atom stereocenters. The molecule has 0 saturated carbocycles. The zero-order valence-corrected chi connectivity index (χ0v) is 17.1. The molecule has 1 fully saturated rings. The first kappa shape index (κ1) is 20.1. The van der Waals surface area contributed by atoms with Crippen molar-refractivity contribution >= 4 is 17.5 Å². The molecular formula is C23H29N3O2. The second-order valence-corrected chi connectivity index (χ2v) is 8.08. The Kier molecular flexibility index (Phi) is 6.12. The van der Waals surface area contributed by atoms with Crippen LogP contribution in [0.15, 0.2) is 42.7 Å². The number of hydrogen-bond acceptors (Lipinski definition) is 3. The van der Waals surface area contributed by atoms with E-state index in [2.05, 4.69) is 56.2 Å². The maximum atomic E-state index is 12.8. The summed E-state index contributed by atoms with van der Waals surface area (Å²) in [7, 11) is 0. The Morgan fingerprint density at radius 2 is 1.82 bits per heavy atom. The average Bonchev–Trinajstić information content (AvgIpc) is 3.07. The number of anilines is 1. The second kappa shape index (κ2) is 8.55. The Morgan fingerprint density at radius 1 is 1.14 bits per heavy atom. The molecule has 5 heteroatoms. The predicted molar refractivity (Wildman–Crippen MR) is 111 cm³/mol. The summed E-state index contributed by atoms with van der Waals surface area (Å²) in [4.78, 5) is 31.4. The molecule has 1 saturated heterocycles. The van der Waals surface area contributed by atoms with Crippen molar-refractivity contribution in [3.05, 3.63) is 59.4 Å². The molecule has 28 heavy (non-hydrogen) atoms. The fourth-order valence-electron chi connectivity index (χ4n) is 3.76. The van der Waals surface area contributed by atoms with Crippen molar-refractivity contribution in [2.24, 2.45) is 5.92 Å². The van der Waals surface area contributed by atoms with Gasteiger partial charge in [-0.3, -0.25) is 14.6 Å². The Balaban J connectivity index is 1.78. The van der Waals surface area contributed by atoms with Crippen LogP contribution in [0.3, 0.4) is 0 Å². The van der Waals surface area contributed by atoms with E-state index >= 15 is 0 Å².